The second-order valence-corrected chi connectivity index (χ2v) is 2.98. The third-order valence-corrected chi connectivity index (χ3v) is 1.89. The molecule has 0 radical (unpaired) electrons. The Bertz CT molecular complexity index is 238. The molecular formula is C8H14BF4N2-. The van der Waals surface area contributed by atoms with E-state index in [-0.39, 0.29) is 0 Å². The van der Waals surface area contributed by atoms with Crippen LogP contribution in [0.5, 0.6) is 0 Å². The quantitative estimate of drug-likeness (QED) is 0.568. The van der Waals surface area contributed by atoms with Crippen LogP contribution in [-0.2, 0) is 0 Å². The lowest BCUT2D eigenvalue weighted by Crippen LogP contribution is -2.03. The largest absolute Gasteiger partial charge is 0.673 e. The Hall–Kier alpha value is -1.01. The second-order valence-electron chi connectivity index (χ2n) is 2.98. The van der Waals surface area contributed by atoms with E-state index in [9.17, 15) is 17.3 Å². The van der Waals surface area contributed by atoms with E-state index in [1.165, 1.54) is 12.8 Å². The Labute approximate surface area is 86.4 Å². The summed E-state index contributed by atoms with van der Waals surface area (Å²) in [6, 6.07) is 0.641. The molecular weight excluding hydrogens is 211 g/mol. The van der Waals surface area contributed by atoms with Gasteiger partial charge in [0, 0.05) is 18.4 Å². The van der Waals surface area contributed by atoms with Gasteiger partial charge in [0.1, 0.15) is 0 Å². The molecule has 88 valence electrons. The summed E-state index contributed by atoms with van der Waals surface area (Å²) >= 11 is 0. The molecule has 2 nitrogen and oxygen atoms in total. The summed E-state index contributed by atoms with van der Waals surface area (Å²) in [5.74, 6) is 0. The molecule has 7 heteroatoms. The predicted molar refractivity (Wildman–Crippen MR) is 52.0 cm³/mol. The average molecular weight is 225 g/mol. The summed E-state index contributed by atoms with van der Waals surface area (Å²) in [5, 5.41) is 0. The summed E-state index contributed by atoms with van der Waals surface area (Å²) in [7, 11) is -6.00. The van der Waals surface area contributed by atoms with E-state index < -0.39 is 7.25 Å². The first-order valence-electron chi connectivity index (χ1n) is 4.73. The smallest absolute Gasteiger partial charge is 0.418 e. The van der Waals surface area contributed by atoms with Gasteiger partial charge in [0.25, 0.3) is 0 Å². The topological polar surface area (TPSA) is 17.8 Å². The molecule has 1 rings (SSSR count). The van der Waals surface area contributed by atoms with Gasteiger partial charge in [-0.15, -0.1) is 0 Å². The lowest BCUT2D eigenvalue weighted by molar-refractivity contribution is 0.368. The van der Waals surface area contributed by atoms with Crippen LogP contribution in [0.2, 0.25) is 0 Å². The van der Waals surface area contributed by atoms with Gasteiger partial charge in [0.15, 0.2) is 0 Å². The van der Waals surface area contributed by atoms with E-state index >= 15 is 0 Å². The van der Waals surface area contributed by atoms with Gasteiger partial charge in [-0.05, 0) is 12.8 Å². The van der Waals surface area contributed by atoms with Crippen molar-refractivity contribution in [2.45, 2.75) is 32.7 Å². The van der Waals surface area contributed by atoms with Crippen molar-refractivity contribution in [1.82, 2.24) is 9.55 Å². The number of aromatic nitrogens is 2. The fourth-order valence-electron chi connectivity index (χ4n) is 1.20. The molecule has 0 aliphatic heterocycles. The predicted octanol–water partition coefficient (Wildman–Crippen LogP) is 3.54. The van der Waals surface area contributed by atoms with Gasteiger partial charge >= 0.3 is 7.25 Å². The van der Waals surface area contributed by atoms with Crippen molar-refractivity contribution in [1.29, 1.82) is 0 Å². The molecule has 1 aromatic heterocycles. The lowest BCUT2D eigenvalue weighted by Gasteiger charge is -2.12. The molecule has 0 saturated heterocycles. The maximum atomic E-state index is 9.75. The highest BCUT2D eigenvalue weighted by molar-refractivity contribution is 6.50. The first-order valence-corrected chi connectivity index (χ1v) is 4.73. The number of hydrogen-bond donors (Lipinski definition) is 0. The minimum Gasteiger partial charge on any atom is -0.418 e. The molecule has 0 saturated carbocycles. The van der Waals surface area contributed by atoms with Crippen LogP contribution in [0.15, 0.2) is 18.7 Å². The van der Waals surface area contributed by atoms with E-state index in [1.807, 2.05) is 18.7 Å². The number of imidazole rings is 1. The van der Waals surface area contributed by atoms with E-state index in [1.54, 1.807) is 0 Å². The van der Waals surface area contributed by atoms with Gasteiger partial charge in [0.2, 0.25) is 0 Å². The minimum atomic E-state index is -6.00. The van der Waals surface area contributed by atoms with Crippen LogP contribution in [0.1, 0.15) is 32.7 Å². The molecule has 0 atom stereocenters. The highest BCUT2D eigenvalue weighted by atomic mass is 19.5. The van der Waals surface area contributed by atoms with Gasteiger partial charge in [-0.25, -0.2) is 4.98 Å². The van der Waals surface area contributed by atoms with Crippen molar-refractivity contribution in [2.75, 3.05) is 0 Å². The monoisotopic (exact) mass is 225 g/mol. The van der Waals surface area contributed by atoms with Gasteiger partial charge in [0.05, 0.1) is 6.33 Å². The molecule has 0 spiro atoms. The molecule has 0 aromatic carbocycles. The van der Waals surface area contributed by atoms with E-state index in [0.717, 1.165) is 0 Å². The van der Waals surface area contributed by atoms with E-state index in [2.05, 4.69) is 23.4 Å². The first kappa shape index (κ1) is 14.0. The minimum absolute atomic E-state index is 0.641. The van der Waals surface area contributed by atoms with E-state index in [4.69, 9.17) is 0 Å². The Morgan fingerprint density at radius 3 is 1.93 bits per heavy atom. The van der Waals surface area contributed by atoms with Crippen LogP contribution in [0.3, 0.4) is 0 Å². The van der Waals surface area contributed by atoms with Crippen molar-refractivity contribution in [3.8, 4) is 0 Å². The Morgan fingerprint density at radius 2 is 1.67 bits per heavy atom. The molecule has 0 unspecified atom stereocenters. The van der Waals surface area contributed by atoms with Crippen LogP contribution >= 0.6 is 0 Å². The number of halogens is 4. The Morgan fingerprint density at radius 1 is 1.20 bits per heavy atom. The Balaban J connectivity index is 0.000000336. The van der Waals surface area contributed by atoms with Gasteiger partial charge < -0.3 is 21.8 Å². The van der Waals surface area contributed by atoms with Gasteiger partial charge in [-0.2, -0.15) is 0 Å². The molecule has 0 N–H and O–H groups in total. The molecule has 15 heavy (non-hydrogen) atoms. The summed E-state index contributed by atoms with van der Waals surface area (Å²) in [5.41, 5.74) is 0. The zero-order valence-electron chi connectivity index (χ0n) is 8.71. The molecule has 0 fully saturated rings. The number of rotatable bonds is 3. The summed E-state index contributed by atoms with van der Waals surface area (Å²) in [4.78, 5) is 4.00. The third-order valence-electron chi connectivity index (χ3n) is 1.89. The molecule has 0 aliphatic carbocycles. The zero-order valence-corrected chi connectivity index (χ0v) is 8.71. The summed E-state index contributed by atoms with van der Waals surface area (Å²) in [6.07, 6.45) is 8.12. The number of nitrogens with zero attached hydrogens (tertiary/aromatic N) is 2. The fraction of sp³-hybridized carbons (Fsp3) is 0.625. The molecule has 0 aliphatic rings. The van der Waals surface area contributed by atoms with Gasteiger partial charge in [-0.3, -0.25) is 0 Å². The molecule has 0 bridgehead atoms. The van der Waals surface area contributed by atoms with Crippen molar-refractivity contribution in [3.05, 3.63) is 18.7 Å². The van der Waals surface area contributed by atoms with Crippen LogP contribution < -0.4 is 0 Å². The standard InChI is InChI=1S/C8H14N2.BF4/c1-3-8(4-2)10-6-5-9-7-10;2-1(3,4)5/h5-8H,3-4H2,1-2H3;/q;-1. The van der Waals surface area contributed by atoms with Crippen molar-refractivity contribution in [3.63, 3.8) is 0 Å². The van der Waals surface area contributed by atoms with Crippen LogP contribution in [0.25, 0.3) is 0 Å². The summed E-state index contributed by atoms with van der Waals surface area (Å²) in [6.45, 7) is 4.41. The lowest BCUT2D eigenvalue weighted by atomic mass is 10.2. The van der Waals surface area contributed by atoms with Crippen molar-refractivity contribution in [2.24, 2.45) is 0 Å². The van der Waals surface area contributed by atoms with Crippen LogP contribution in [0.4, 0.5) is 17.3 Å². The average Bonchev–Trinajstić information content (AvgIpc) is 2.56. The summed E-state index contributed by atoms with van der Waals surface area (Å²) < 4.78 is 41.2. The first-order chi connectivity index (χ1) is 6.88. The normalized spacial score (nSPS) is 11.1. The maximum absolute atomic E-state index is 9.75. The SMILES string of the molecule is CCC(CC)n1ccnc1.F[B-](F)(F)F. The zero-order chi connectivity index (χ0) is 11.9. The maximum Gasteiger partial charge on any atom is 0.673 e. The molecule has 1 heterocycles. The highest BCUT2D eigenvalue weighted by Crippen LogP contribution is 2.13. The molecule has 0 amide bonds. The fourth-order valence-corrected chi connectivity index (χ4v) is 1.20. The van der Waals surface area contributed by atoms with Crippen molar-refractivity contribution >= 4 is 7.25 Å². The van der Waals surface area contributed by atoms with E-state index in [0.29, 0.717) is 6.04 Å². The molecule has 1 aromatic rings. The van der Waals surface area contributed by atoms with Crippen LogP contribution in [0, 0.1) is 0 Å². The number of hydrogen-bond acceptors (Lipinski definition) is 1. The van der Waals surface area contributed by atoms with Crippen molar-refractivity contribution < 1.29 is 17.3 Å². The highest BCUT2D eigenvalue weighted by Gasteiger charge is 2.20. The second kappa shape index (κ2) is 6.47. The van der Waals surface area contributed by atoms with Crippen LogP contribution in [-0.4, -0.2) is 16.8 Å². The van der Waals surface area contributed by atoms with Gasteiger partial charge in [-0.1, -0.05) is 13.8 Å². The third kappa shape index (κ3) is 8.02. The Kier molecular flexibility index (Phi) is 6.04.